The summed E-state index contributed by atoms with van der Waals surface area (Å²) in [4.78, 5) is 0. The Labute approximate surface area is 116 Å². The van der Waals surface area contributed by atoms with Crippen molar-refractivity contribution in [2.45, 2.75) is 13.5 Å². The van der Waals surface area contributed by atoms with Crippen molar-refractivity contribution in [1.29, 1.82) is 0 Å². The first-order chi connectivity index (χ1) is 9.27. The van der Waals surface area contributed by atoms with E-state index in [4.69, 9.17) is 4.74 Å². The molecule has 0 amide bonds. The molecule has 0 heterocycles. The van der Waals surface area contributed by atoms with E-state index in [9.17, 15) is 0 Å². The first-order valence-electron chi connectivity index (χ1n) is 6.52. The Hall–Kier alpha value is -1.98. The SMILES string of the molecule is CCOC#C[Si](C)(c1ccccc1)c1ccccc1. The predicted octanol–water partition coefficient (Wildman–Crippen LogP) is 2.42. The summed E-state index contributed by atoms with van der Waals surface area (Å²) in [5.74, 6) is 0. The highest BCUT2D eigenvalue weighted by molar-refractivity contribution is 7.07. The largest absolute Gasteiger partial charge is 0.447 e. The van der Waals surface area contributed by atoms with Crippen LogP contribution in [0, 0.1) is 11.7 Å². The average Bonchev–Trinajstić information content (AvgIpc) is 2.49. The number of rotatable bonds is 3. The first kappa shape index (κ1) is 13.4. The lowest BCUT2D eigenvalue weighted by molar-refractivity contribution is 0.299. The standard InChI is InChI=1S/C17H18OSi/c1-3-18-14-15-19(2,16-10-6-4-7-11-16)17-12-8-5-9-13-17/h4-13H,3H2,1-2H3. The average molecular weight is 266 g/mol. The molecule has 0 N–H and O–H groups in total. The van der Waals surface area contributed by atoms with E-state index in [2.05, 4.69) is 66.7 Å². The van der Waals surface area contributed by atoms with Crippen LogP contribution >= 0.6 is 0 Å². The maximum atomic E-state index is 5.25. The van der Waals surface area contributed by atoms with Crippen molar-refractivity contribution in [3.63, 3.8) is 0 Å². The van der Waals surface area contributed by atoms with Gasteiger partial charge in [-0.25, -0.2) is 0 Å². The first-order valence-corrected chi connectivity index (χ1v) is 9.02. The quantitative estimate of drug-likeness (QED) is 0.612. The fourth-order valence-electron chi connectivity index (χ4n) is 2.06. The molecule has 19 heavy (non-hydrogen) atoms. The molecule has 0 saturated heterocycles. The van der Waals surface area contributed by atoms with E-state index in [-0.39, 0.29) is 0 Å². The van der Waals surface area contributed by atoms with E-state index in [1.807, 2.05) is 19.1 Å². The van der Waals surface area contributed by atoms with Crippen LogP contribution in [0.1, 0.15) is 6.92 Å². The molecule has 0 bridgehead atoms. The molecule has 0 aliphatic rings. The van der Waals surface area contributed by atoms with Gasteiger partial charge in [-0.3, -0.25) is 0 Å². The van der Waals surface area contributed by atoms with Gasteiger partial charge in [-0.15, -0.1) is 0 Å². The molecule has 0 aromatic heterocycles. The van der Waals surface area contributed by atoms with Crippen LogP contribution in [0.2, 0.25) is 6.55 Å². The van der Waals surface area contributed by atoms with E-state index >= 15 is 0 Å². The Morgan fingerprint density at radius 1 is 0.895 bits per heavy atom. The Bertz CT molecular complexity index is 527. The Kier molecular flexibility index (Phi) is 4.43. The molecule has 2 rings (SSSR count). The molecule has 2 aromatic rings. The van der Waals surface area contributed by atoms with Crippen molar-refractivity contribution in [2.75, 3.05) is 6.61 Å². The molecular weight excluding hydrogens is 248 g/mol. The van der Waals surface area contributed by atoms with Gasteiger partial charge in [0.2, 0.25) is 8.07 Å². The van der Waals surface area contributed by atoms with Crippen LogP contribution in [0.3, 0.4) is 0 Å². The van der Waals surface area contributed by atoms with E-state index in [0.29, 0.717) is 6.61 Å². The fourth-order valence-corrected chi connectivity index (χ4v) is 4.68. The topological polar surface area (TPSA) is 9.23 Å². The second-order valence-corrected chi connectivity index (χ2v) is 8.17. The third-order valence-electron chi connectivity index (χ3n) is 3.22. The zero-order valence-corrected chi connectivity index (χ0v) is 12.4. The second kappa shape index (κ2) is 6.26. The Morgan fingerprint density at radius 2 is 1.37 bits per heavy atom. The van der Waals surface area contributed by atoms with Gasteiger partial charge in [0.15, 0.2) is 0 Å². The lowest BCUT2D eigenvalue weighted by Gasteiger charge is -2.21. The number of benzene rings is 2. The van der Waals surface area contributed by atoms with E-state index in [1.165, 1.54) is 10.4 Å². The fraction of sp³-hybridized carbons (Fsp3) is 0.176. The normalized spacial score (nSPS) is 10.4. The van der Waals surface area contributed by atoms with Gasteiger partial charge in [0.25, 0.3) is 0 Å². The van der Waals surface area contributed by atoms with Crippen molar-refractivity contribution in [3.05, 3.63) is 60.7 Å². The maximum absolute atomic E-state index is 5.25. The van der Waals surface area contributed by atoms with Gasteiger partial charge in [-0.2, -0.15) is 0 Å². The molecular formula is C17H18OSi. The summed E-state index contributed by atoms with van der Waals surface area (Å²) in [6.45, 7) is 4.85. The molecule has 2 heteroatoms. The van der Waals surface area contributed by atoms with Gasteiger partial charge in [-0.1, -0.05) is 72.8 Å². The minimum atomic E-state index is -2.02. The van der Waals surface area contributed by atoms with Crippen molar-refractivity contribution in [3.8, 4) is 11.7 Å². The zero-order chi connectivity index (χ0) is 13.6. The molecule has 0 aliphatic carbocycles. The lowest BCUT2D eigenvalue weighted by Crippen LogP contribution is -2.54. The summed E-state index contributed by atoms with van der Waals surface area (Å²) in [7, 11) is -2.02. The lowest BCUT2D eigenvalue weighted by atomic mass is 10.4. The summed E-state index contributed by atoms with van der Waals surface area (Å²) in [6.07, 6.45) is 2.88. The molecule has 0 spiro atoms. The molecule has 0 fully saturated rings. The monoisotopic (exact) mass is 266 g/mol. The Balaban J connectivity index is 2.49. The van der Waals surface area contributed by atoms with Crippen LogP contribution in [-0.4, -0.2) is 14.7 Å². The van der Waals surface area contributed by atoms with Crippen LogP contribution in [0.25, 0.3) is 0 Å². The summed E-state index contributed by atoms with van der Waals surface area (Å²) >= 11 is 0. The highest BCUT2D eigenvalue weighted by Gasteiger charge is 2.30. The van der Waals surface area contributed by atoms with Gasteiger partial charge < -0.3 is 4.74 Å². The van der Waals surface area contributed by atoms with Gasteiger partial charge in [0.05, 0.1) is 6.61 Å². The minimum absolute atomic E-state index is 0.626. The smallest absolute Gasteiger partial charge is 0.200 e. The van der Waals surface area contributed by atoms with Crippen molar-refractivity contribution >= 4 is 18.4 Å². The van der Waals surface area contributed by atoms with Gasteiger partial charge in [0.1, 0.15) is 6.11 Å². The van der Waals surface area contributed by atoms with E-state index < -0.39 is 8.07 Å². The molecule has 0 unspecified atom stereocenters. The summed E-state index contributed by atoms with van der Waals surface area (Å²) in [5.41, 5.74) is 3.40. The summed E-state index contributed by atoms with van der Waals surface area (Å²) < 4.78 is 5.25. The highest BCUT2D eigenvalue weighted by atomic mass is 28.3. The number of hydrogen-bond donors (Lipinski definition) is 0. The molecule has 0 saturated carbocycles. The third-order valence-corrected chi connectivity index (χ3v) is 6.80. The zero-order valence-electron chi connectivity index (χ0n) is 11.4. The van der Waals surface area contributed by atoms with Gasteiger partial charge in [0, 0.05) is 0 Å². The molecule has 1 nitrogen and oxygen atoms in total. The molecule has 0 atom stereocenters. The summed E-state index contributed by atoms with van der Waals surface area (Å²) in [6, 6.07) is 21.0. The minimum Gasteiger partial charge on any atom is -0.447 e. The molecule has 0 aliphatic heterocycles. The maximum Gasteiger partial charge on any atom is 0.200 e. The van der Waals surface area contributed by atoms with Gasteiger partial charge >= 0.3 is 0 Å². The van der Waals surface area contributed by atoms with Crippen LogP contribution in [0.5, 0.6) is 0 Å². The Morgan fingerprint density at radius 3 is 1.79 bits per heavy atom. The van der Waals surface area contributed by atoms with Crippen LogP contribution in [0.4, 0.5) is 0 Å². The van der Waals surface area contributed by atoms with Crippen LogP contribution in [0.15, 0.2) is 60.7 Å². The van der Waals surface area contributed by atoms with E-state index in [0.717, 1.165) is 0 Å². The van der Waals surface area contributed by atoms with E-state index in [1.54, 1.807) is 0 Å². The highest BCUT2D eigenvalue weighted by Crippen LogP contribution is 2.04. The van der Waals surface area contributed by atoms with Crippen molar-refractivity contribution < 1.29 is 4.74 Å². The number of ether oxygens (including phenoxy) is 1. The second-order valence-electron chi connectivity index (χ2n) is 4.52. The van der Waals surface area contributed by atoms with Gasteiger partial charge in [-0.05, 0) is 17.3 Å². The van der Waals surface area contributed by atoms with Crippen LogP contribution in [-0.2, 0) is 4.74 Å². The molecule has 0 radical (unpaired) electrons. The number of hydrogen-bond acceptors (Lipinski definition) is 1. The summed E-state index contributed by atoms with van der Waals surface area (Å²) in [5, 5.41) is 2.63. The van der Waals surface area contributed by atoms with Crippen LogP contribution < -0.4 is 10.4 Å². The predicted molar refractivity (Wildman–Crippen MR) is 83.2 cm³/mol. The third kappa shape index (κ3) is 3.07. The molecule has 2 aromatic carbocycles. The van der Waals surface area contributed by atoms with Crippen molar-refractivity contribution in [1.82, 2.24) is 0 Å². The van der Waals surface area contributed by atoms with Crippen molar-refractivity contribution in [2.24, 2.45) is 0 Å². The molecule has 96 valence electrons.